The van der Waals surface area contributed by atoms with Gasteiger partial charge in [-0.2, -0.15) is 4.98 Å². The molecule has 4 aromatic rings. The van der Waals surface area contributed by atoms with E-state index < -0.39 is 0 Å². The van der Waals surface area contributed by atoms with Crippen LogP contribution in [0.2, 0.25) is 0 Å². The summed E-state index contributed by atoms with van der Waals surface area (Å²) < 4.78 is 16.7. The molecule has 2 aromatic carbocycles. The first-order valence-electron chi connectivity index (χ1n) is 9.83. The number of aromatic nitrogens is 3. The number of piperidine rings is 1. The van der Waals surface area contributed by atoms with Crippen LogP contribution in [-0.4, -0.2) is 40.2 Å². The summed E-state index contributed by atoms with van der Waals surface area (Å²) >= 11 is 0. The van der Waals surface area contributed by atoms with Crippen molar-refractivity contribution < 1.29 is 13.7 Å². The maximum atomic E-state index is 5.99. The van der Waals surface area contributed by atoms with Crippen LogP contribution in [-0.2, 0) is 6.54 Å². The molecule has 0 saturated carbocycles. The van der Waals surface area contributed by atoms with Crippen molar-refractivity contribution >= 4 is 11.1 Å². The summed E-state index contributed by atoms with van der Waals surface area (Å²) in [5.41, 5.74) is 2.67. The second-order valence-corrected chi connectivity index (χ2v) is 7.33. The molecule has 0 bridgehead atoms. The van der Waals surface area contributed by atoms with E-state index >= 15 is 0 Å². The van der Waals surface area contributed by atoms with E-state index in [1.807, 2.05) is 48.5 Å². The maximum Gasteiger partial charge on any atom is 0.241 e. The molecule has 1 saturated heterocycles. The Morgan fingerprint density at radius 1 is 1.10 bits per heavy atom. The lowest BCUT2D eigenvalue weighted by atomic mass is 9.98. The Bertz CT molecular complexity index is 1070. The maximum absolute atomic E-state index is 5.99. The third-order valence-electron chi connectivity index (χ3n) is 5.34. The highest BCUT2D eigenvalue weighted by Crippen LogP contribution is 2.29. The third kappa shape index (κ3) is 3.73. The minimum Gasteiger partial charge on any atom is -0.497 e. The van der Waals surface area contributed by atoms with E-state index in [4.69, 9.17) is 13.7 Å². The van der Waals surface area contributed by atoms with Gasteiger partial charge < -0.3 is 13.7 Å². The fourth-order valence-electron chi connectivity index (χ4n) is 3.83. The molecule has 1 aliphatic rings. The lowest BCUT2D eigenvalue weighted by molar-refractivity contribution is 0.167. The van der Waals surface area contributed by atoms with Gasteiger partial charge in [0.2, 0.25) is 11.7 Å². The Labute approximate surface area is 168 Å². The van der Waals surface area contributed by atoms with E-state index in [1.165, 1.54) is 0 Å². The van der Waals surface area contributed by atoms with Crippen molar-refractivity contribution in [2.75, 3.05) is 20.2 Å². The van der Waals surface area contributed by atoms with Crippen LogP contribution in [0.15, 0.2) is 57.5 Å². The van der Waals surface area contributed by atoms with Crippen molar-refractivity contribution in [1.29, 1.82) is 0 Å². The molecule has 0 aliphatic carbocycles. The zero-order valence-electron chi connectivity index (χ0n) is 16.2. The zero-order chi connectivity index (χ0) is 19.6. The molecule has 7 heteroatoms. The minimum atomic E-state index is 0.278. The van der Waals surface area contributed by atoms with Crippen molar-refractivity contribution in [3.05, 3.63) is 60.3 Å². The van der Waals surface area contributed by atoms with Crippen molar-refractivity contribution in [3.8, 4) is 17.1 Å². The van der Waals surface area contributed by atoms with Gasteiger partial charge in [0.15, 0.2) is 11.5 Å². The van der Waals surface area contributed by atoms with Crippen molar-refractivity contribution in [2.24, 2.45) is 0 Å². The number of nitrogens with zero attached hydrogens (tertiary/aromatic N) is 4. The van der Waals surface area contributed by atoms with Gasteiger partial charge >= 0.3 is 0 Å². The van der Waals surface area contributed by atoms with E-state index in [0.717, 1.165) is 54.2 Å². The molecule has 1 unspecified atom stereocenters. The monoisotopic (exact) mass is 390 g/mol. The lowest BCUT2D eigenvalue weighted by Crippen LogP contribution is -2.34. The normalized spacial score (nSPS) is 17.6. The highest BCUT2D eigenvalue weighted by Gasteiger charge is 2.26. The van der Waals surface area contributed by atoms with E-state index in [-0.39, 0.29) is 5.92 Å². The van der Waals surface area contributed by atoms with E-state index in [0.29, 0.717) is 18.3 Å². The summed E-state index contributed by atoms with van der Waals surface area (Å²) in [5.74, 6) is 3.11. The van der Waals surface area contributed by atoms with Crippen LogP contribution in [0, 0.1) is 0 Å². The molecule has 1 fully saturated rings. The summed E-state index contributed by atoms with van der Waals surface area (Å²) in [6.07, 6.45) is 2.16. The van der Waals surface area contributed by atoms with Crippen molar-refractivity contribution in [3.63, 3.8) is 0 Å². The third-order valence-corrected chi connectivity index (χ3v) is 5.34. The molecular formula is C22H22N4O3. The van der Waals surface area contributed by atoms with Crippen LogP contribution in [0.1, 0.15) is 30.5 Å². The highest BCUT2D eigenvalue weighted by molar-refractivity contribution is 5.72. The Morgan fingerprint density at radius 2 is 1.97 bits per heavy atom. The molecule has 3 heterocycles. The number of likely N-dealkylation sites (tertiary alicyclic amines) is 1. The summed E-state index contributed by atoms with van der Waals surface area (Å²) in [6, 6.07) is 15.5. The number of ether oxygens (including phenoxy) is 1. The first kappa shape index (κ1) is 17.9. The Balaban J connectivity index is 1.27. The van der Waals surface area contributed by atoms with Gasteiger partial charge in [-0.25, -0.2) is 4.98 Å². The number of rotatable bonds is 5. The number of methoxy groups -OCH3 is 1. The van der Waals surface area contributed by atoms with Gasteiger partial charge in [-0.15, -0.1) is 0 Å². The van der Waals surface area contributed by atoms with Gasteiger partial charge in [0.25, 0.3) is 0 Å². The van der Waals surface area contributed by atoms with Gasteiger partial charge in [0.05, 0.1) is 13.7 Å². The summed E-state index contributed by atoms with van der Waals surface area (Å²) in [6.45, 7) is 2.49. The number of fused-ring (bicyclic) bond motifs is 1. The average Bonchev–Trinajstić information content (AvgIpc) is 3.41. The number of hydrogen-bond acceptors (Lipinski definition) is 7. The molecular weight excluding hydrogens is 368 g/mol. The number of benzene rings is 2. The topological polar surface area (TPSA) is 77.4 Å². The molecule has 29 heavy (non-hydrogen) atoms. The van der Waals surface area contributed by atoms with Crippen LogP contribution in [0.4, 0.5) is 0 Å². The molecule has 0 spiro atoms. The van der Waals surface area contributed by atoms with Gasteiger partial charge in [-0.1, -0.05) is 17.3 Å². The number of oxazole rings is 1. The molecule has 2 aromatic heterocycles. The summed E-state index contributed by atoms with van der Waals surface area (Å²) in [7, 11) is 1.65. The van der Waals surface area contributed by atoms with Gasteiger partial charge in [-0.05, 0) is 55.8 Å². The van der Waals surface area contributed by atoms with Gasteiger partial charge in [-0.3, -0.25) is 4.90 Å². The fourth-order valence-corrected chi connectivity index (χ4v) is 3.83. The SMILES string of the molecule is COc1ccc(-c2noc(CN3CCCC(c4nc5ccccc5o4)C3)n2)cc1. The number of para-hydroxylation sites is 2. The Kier molecular flexibility index (Phi) is 4.73. The molecule has 1 aliphatic heterocycles. The number of hydrogen-bond donors (Lipinski definition) is 0. The molecule has 0 N–H and O–H groups in total. The molecule has 148 valence electrons. The van der Waals surface area contributed by atoms with E-state index in [1.54, 1.807) is 7.11 Å². The lowest BCUT2D eigenvalue weighted by Gasteiger charge is -2.29. The smallest absolute Gasteiger partial charge is 0.241 e. The van der Waals surface area contributed by atoms with Crippen molar-refractivity contribution in [2.45, 2.75) is 25.3 Å². The second-order valence-electron chi connectivity index (χ2n) is 7.33. The predicted molar refractivity (Wildman–Crippen MR) is 108 cm³/mol. The first-order chi connectivity index (χ1) is 14.3. The zero-order valence-corrected chi connectivity index (χ0v) is 16.2. The Hall–Kier alpha value is -3.19. The quantitative estimate of drug-likeness (QED) is 0.504. The van der Waals surface area contributed by atoms with Crippen LogP contribution in [0.25, 0.3) is 22.5 Å². The van der Waals surface area contributed by atoms with Crippen LogP contribution >= 0.6 is 0 Å². The Morgan fingerprint density at radius 3 is 2.79 bits per heavy atom. The largest absolute Gasteiger partial charge is 0.497 e. The first-order valence-corrected chi connectivity index (χ1v) is 9.83. The molecule has 7 nitrogen and oxygen atoms in total. The van der Waals surface area contributed by atoms with Crippen molar-refractivity contribution in [1.82, 2.24) is 20.0 Å². The molecule has 5 rings (SSSR count). The average molecular weight is 390 g/mol. The van der Waals surface area contributed by atoms with Gasteiger partial charge in [0, 0.05) is 18.0 Å². The standard InChI is InChI=1S/C22H22N4O3/c1-27-17-10-8-15(9-11-17)21-24-20(29-25-21)14-26-12-4-5-16(13-26)22-23-18-6-2-3-7-19(18)28-22/h2-3,6-11,16H,4-5,12-14H2,1H3. The predicted octanol–water partition coefficient (Wildman–Crippen LogP) is 4.27. The summed E-state index contributed by atoms with van der Waals surface area (Å²) in [4.78, 5) is 11.6. The minimum absolute atomic E-state index is 0.278. The fraction of sp³-hybridized carbons (Fsp3) is 0.318. The van der Waals surface area contributed by atoms with Crippen LogP contribution < -0.4 is 4.74 Å². The molecule has 0 radical (unpaired) electrons. The van der Waals surface area contributed by atoms with Gasteiger partial charge in [0.1, 0.15) is 11.3 Å². The highest BCUT2D eigenvalue weighted by atomic mass is 16.5. The molecule has 1 atom stereocenters. The van der Waals surface area contributed by atoms with Crippen LogP contribution in [0.3, 0.4) is 0 Å². The summed E-state index contributed by atoms with van der Waals surface area (Å²) in [5, 5.41) is 4.13. The van der Waals surface area contributed by atoms with E-state index in [2.05, 4.69) is 20.0 Å². The van der Waals surface area contributed by atoms with Crippen LogP contribution in [0.5, 0.6) is 5.75 Å². The van der Waals surface area contributed by atoms with E-state index in [9.17, 15) is 0 Å². The molecule has 0 amide bonds. The second kappa shape index (κ2) is 7.67.